The summed E-state index contributed by atoms with van der Waals surface area (Å²) < 4.78 is 6.68. The van der Waals surface area contributed by atoms with Crippen LogP contribution in [0.15, 0.2) is 6.07 Å². The van der Waals surface area contributed by atoms with Gasteiger partial charge in [-0.25, -0.2) is 4.79 Å². The van der Waals surface area contributed by atoms with E-state index in [1.54, 1.807) is 17.7 Å². The number of rotatable bonds is 5. The van der Waals surface area contributed by atoms with Crippen molar-refractivity contribution < 1.29 is 9.53 Å². The number of ether oxygens (including phenoxy) is 1. The molecule has 1 aromatic heterocycles. The Morgan fingerprint density at radius 1 is 1.56 bits per heavy atom. The maximum Gasteiger partial charge on any atom is 0.356 e. The average molecular weight is 225 g/mol. The highest BCUT2D eigenvalue weighted by Crippen LogP contribution is 2.05. The summed E-state index contributed by atoms with van der Waals surface area (Å²) in [6.45, 7) is 5.58. The molecule has 5 heteroatoms. The largest absolute Gasteiger partial charge is 0.461 e. The van der Waals surface area contributed by atoms with Crippen LogP contribution in [0, 0.1) is 6.92 Å². The van der Waals surface area contributed by atoms with E-state index in [1.807, 2.05) is 25.9 Å². The molecule has 0 fully saturated rings. The summed E-state index contributed by atoms with van der Waals surface area (Å²) >= 11 is 0. The molecule has 0 atom stereocenters. The molecular weight excluding hydrogens is 206 g/mol. The second kappa shape index (κ2) is 5.65. The van der Waals surface area contributed by atoms with Crippen LogP contribution in [0.5, 0.6) is 0 Å². The molecule has 0 aliphatic carbocycles. The predicted molar refractivity (Wildman–Crippen MR) is 61.5 cm³/mol. The first kappa shape index (κ1) is 12.7. The third-order valence-electron chi connectivity index (χ3n) is 2.15. The first-order chi connectivity index (χ1) is 7.54. The second-order valence-electron chi connectivity index (χ2n) is 3.92. The molecule has 0 saturated heterocycles. The number of esters is 1. The van der Waals surface area contributed by atoms with Crippen molar-refractivity contribution in [1.82, 2.24) is 14.7 Å². The zero-order chi connectivity index (χ0) is 12.1. The minimum absolute atomic E-state index is 0.304. The number of aryl methyl sites for hydroxylation is 1. The lowest BCUT2D eigenvalue weighted by Gasteiger charge is -2.11. The Bertz CT molecular complexity index is 358. The summed E-state index contributed by atoms with van der Waals surface area (Å²) in [5, 5.41) is 4.28. The molecular formula is C11H19N3O2. The molecule has 0 amide bonds. The van der Waals surface area contributed by atoms with Crippen LogP contribution in [0.25, 0.3) is 0 Å². The van der Waals surface area contributed by atoms with Crippen LogP contribution in [0.1, 0.15) is 23.1 Å². The third kappa shape index (κ3) is 3.34. The molecule has 0 unspecified atom stereocenters. The standard InChI is InChI=1S/C11H19N3O2/c1-5-16-11(15)10-8-9(2)12-14(10)7-6-13(3)4/h8H,5-7H2,1-4H3. The molecule has 0 saturated carbocycles. The van der Waals surface area contributed by atoms with Gasteiger partial charge in [-0.15, -0.1) is 0 Å². The molecule has 16 heavy (non-hydrogen) atoms. The van der Waals surface area contributed by atoms with Crippen LogP contribution in [0.4, 0.5) is 0 Å². The summed E-state index contributed by atoms with van der Waals surface area (Å²) in [5.41, 5.74) is 1.36. The lowest BCUT2D eigenvalue weighted by atomic mass is 10.3. The number of carbonyl (C=O) groups excluding carboxylic acids is 1. The molecule has 0 aliphatic heterocycles. The van der Waals surface area contributed by atoms with Gasteiger partial charge in [0.1, 0.15) is 5.69 Å². The van der Waals surface area contributed by atoms with Crippen LogP contribution < -0.4 is 0 Å². The fourth-order valence-electron chi connectivity index (χ4n) is 1.38. The van der Waals surface area contributed by atoms with Gasteiger partial charge in [0.05, 0.1) is 18.8 Å². The number of likely N-dealkylation sites (N-methyl/N-ethyl adjacent to an activating group) is 1. The first-order valence-electron chi connectivity index (χ1n) is 5.41. The van der Waals surface area contributed by atoms with Gasteiger partial charge in [0.2, 0.25) is 0 Å². The topological polar surface area (TPSA) is 47.4 Å². The van der Waals surface area contributed by atoms with Gasteiger partial charge >= 0.3 is 5.97 Å². The summed E-state index contributed by atoms with van der Waals surface area (Å²) in [7, 11) is 3.97. The Labute approximate surface area is 96.0 Å². The molecule has 0 spiro atoms. The fourth-order valence-corrected chi connectivity index (χ4v) is 1.38. The van der Waals surface area contributed by atoms with E-state index in [9.17, 15) is 4.79 Å². The maximum atomic E-state index is 11.6. The van der Waals surface area contributed by atoms with Crippen LogP contribution >= 0.6 is 0 Å². The number of hydrogen-bond acceptors (Lipinski definition) is 4. The van der Waals surface area contributed by atoms with Gasteiger partial charge in [0.15, 0.2) is 0 Å². The zero-order valence-corrected chi connectivity index (χ0v) is 10.4. The fraction of sp³-hybridized carbons (Fsp3) is 0.636. The maximum absolute atomic E-state index is 11.6. The summed E-state index contributed by atoms with van der Waals surface area (Å²) in [5.74, 6) is -0.304. The minimum atomic E-state index is -0.304. The molecule has 1 rings (SSSR count). The lowest BCUT2D eigenvalue weighted by Crippen LogP contribution is -2.22. The van der Waals surface area contributed by atoms with Crippen LogP contribution in [-0.4, -0.2) is 47.9 Å². The molecule has 0 aromatic carbocycles. The van der Waals surface area contributed by atoms with E-state index < -0.39 is 0 Å². The van der Waals surface area contributed by atoms with Crippen molar-refractivity contribution in [1.29, 1.82) is 0 Å². The quantitative estimate of drug-likeness (QED) is 0.699. The molecule has 1 aromatic rings. The predicted octanol–water partition coefficient (Wildman–Crippen LogP) is 0.930. The van der Waals surface area contributed by atoms with Crippen molar-refractivity contribution in [3.05, 3.63) is 17.5 Å². The average Bonchev–Trinajstić information content (AvgIpc) is 2.57. The van der Waals surface area contributed by atoms with E-state index in [1.165, 1.54) is 0 Å². The first-order valence-corrected chi connectivity index (χ1v) is 5.41. The molecule has 5 nitrogen and oxygen atoms in total. The van der Waals surface area contributed by atoms with Gasteiger partial charge in [-0.05, 0) is 34.0 Å². The normalized spacial score (nSPS) is 10.8. The highest BCUT2D eigenvalue weighted by atomic mass is 16.5. The van der Waals surface area contributed by atoms with Crippen molar-refractivity contribution in [3.8, 4) is 0 Å². The van der Waals surface area contributed by atoms with Crippen molar-refractivity contribution >= 4 is 5.97 Å². The number of carbonyl (C=O) groups is 1. The minimum Gasteiger partial charge on any atom is -0.461 e. The monoisotopic (exact) mass is 225 g/mol. The molecule has 0 N–H and O–H groups in total. The summed E-state index contributed by atoms with van der Waals surface area (Å²) in [4.78, 5) is 13.7. The van der Waals surface area contributed by atoms with Gasteiger partial charge in [-0.1, -0.05) is 0 Å². The van der Waals surface area contributed by atoms with Crippen molar-refractivity contribution in [2.24, 2.45) is 0 Å². The van der Waals surface area contributed by atoms with Gasteiger partial charge in [0, 0.05) is 6.54 Å². The molecule has 0 radical (unpaired) electrons. The Hall–Kier alpha value is -1.36. The Morgan fingerprint density at radius 3 is 2.81 bits per heavy atom. The highest BCUT2D eigenvalue weighted by Gasteiger charge is 2.14. The number of aromatic nitrogens is 2. The van der Waals surface area contributed by atoms with Gasteiger partial charge in [-0.2, -0.15) is 5.10 Å². The smallest absolute Gasteiger partial charge is 0.356 e. The van der Waals surface area contributed by atoms with Crippen molar-refractivity contribution in [2.75, 3.05) is 27.2 Å². The van der Waals surface area contributed by atoms with E-state index in [-0.39, 0.29) is 5.97 Å². The van der Waals surface area contributed by atoms with E-state index in [0.717, 1.165) is 12.2 Å². The van der Waals surface area contributed by atoms with Gasteiger partial charge < -0.3 is 9.64 Å². The zero-order valence-electron chi connectivity index (χ0n) is 10.4. The Kier molecular flexibility index (Phi) is 4.49. The van der Waals surface area contributed by atoms with Crippen LogP contribution in [0.3, 0.4) is 0 Å². The van der Waals surface area contributed by atoms with E-state index in [0.29, 0.717) is 18.8 Å². The summed E-state index contributed by atoms with van der Waals surface area (Å²) in [6, 6.07) is 1.76. The molecule has 1 heterocycles. The van der Waals surface area contributed by atoms with Crippen molar-refractivity contribution in [3.63, 3.8) is 0 Å². The number of hydrogen-bond donors (Lipinski definition) is 0. The highest BCUT2D eigenvalue weighted by molar-refractivity contribution is 5.87. The molecule has 90 valence electrons. The van der Waals surface area contributed by atoms with Crippen LogP contribution in [0.2, 0.25) is 0 Å². The van der Waals surface area contributed by atoms with Gasteiger partial charge in [-0.3, -0.25) is 4.68 Å². The van der Waals surface area contributed by atoms with Gasteiger partial charge in [0.25, 0.3) is 0 Å². The lowest BCUT2D eigenvalue weighted by molar-refractivity contribution is 0.0511. The van der Waals surface area contributed by atoms with Crippen molar-refractivity contribution in [2.45, 2.75) is 20.4 Å². The molecule has 0 aliphatic rings. The Balaban J connectivity index is 2.78. The second-order valence-corrected chi connectivity index (χ2v) is 3.92. The van der Waals surface area contributed by atoms with E-state index in [2.05, 4.69) is 5.10 Å². The van der Waals surface area contributed by atoms with E-state index in [4.69, 9.17) is 4.74 Å². The molecule has 0 bridgehead atoms. The van der Waals surface area contributed by atoms with Crippen LogP contribution in [-0.2, 0) is 11.3 Å². The number of nitrogens with zero attached hydrogens (tertiary/aromatic N) is 3. The SMILES string of the molecule is CCOC(=O)c1cc(C)nn1CCN(C)C. The third-order valence-corrected chi connectivity index (χ3v) is 2.15. The summed E-state index contributed by atoms with van der Waals surface area (Å²) in [6.07, 6.45) is 0. The van der Waals surface area contributed by atoms with E-state index >= 15 is 0 Å². The Morgan fingerprint density at radius 2 is 2.25 bits per heavy atom.